The van der Waals surface area contributed by atoms with E-state index in [-0.39, 0.29) is 11.7 Å². The smallest absolute Gasteiger partial charge is 0.231 e. The molecule has 0 aromatic carbocycles. The Bertz CT molecular complexity index is 797. The van der Waals surface area contributed by atoms with Crippen molar-refractivity contribution in [3.05, 3.63) is 33.0 Å². The summed E-state index contributed by atoms with van der Waals surface area (Å²) in [6.45, 7) is 2.45. The van der Waals surface area contributed by atoms with Crippen molar-refractivity contribution in [1.29, 1.82) is 0 Å². The first-order chi connectivity index (χ1) is 11.0. The van der Waals surface area contributed by atoms with E-state index in [0.717, 1.165) is 15.4 Å². The van der Waals surface area contributed by atoms with Crippen LogP contribution in [0.5, 0.6) is 0 Å². The average Bonchev–Trinajstić information content (AvgIpc) is 3.14. The van der Waals surface area contributed by atoms with E-state index in [0.29, 0.717) is 31.1 Å². The third kappa shape index (κ3) is 3.79. The molecule has 0 saturated heterocycles. The van der Waals surface area contributed by atoms with Crippen LogP contribution in [0.4, 0.5) is 5.13 Å². The Kier molecular flexibility index (Phi) is 4.81. The fourth-order valence-corrected chi connectivity index (χ4v) is 5.27. The van der Waals surface area contributed by atoms with Gasteiger partial charge in [0, 0.05) is 29.3 Å². The molecule has 9 heteroatoms. The van der Waals surface area contributed by atoms with Gasteiger partial charge in [-0.1, -0.05) is 6.07 Å². The number of rotatable bonds is 5. The highest BCUT2D eigenvalue weighted by Gasteiger charge is 2.28. The van der Waals surface area contributed by atoms with Crippen LogP contribution in [0.3, 0.4) is 0 Å². The molecule has 1 aliphatic heterocycles. The van der Waals surface area contributed by atoms with E-state index in [4.69, 9.17) is 0 Å². The number of thiophene rings is 1. The number of nitrogens with zero attached hydrogens (tertiary/aromatic N) is 2. The summed E-state index contributed by atoms with van der Waals surface area (Å²) in [5.74, 6) is 0.00234. The summed E-state index contributed by atoms with van der Waals surface area (Å²) in [4.78, 5) is 18.4. The van der Waals surface area contributed by atoms with Crippen molar-refractivity contribution < 1.29 is 13.2 Å². The number of hydrogen-bond acceptors (Lipinski definition) is 6. The Hall–Kier alpha value is -1.29. The summed E-state index contributed by atoms with van der Waals surface area (Å²) in [5, 5.41) is 5.30. The lowest BCUT2D eigenvalue weighted by Crippen LogP contribution is -2.36. The predicted octanol–water partition coefficient (Wildman–Crippen LogP) is 2.09. The number of fused-ring (bicyclic) bond motifs is 1. The molecule has 2 aromatic heterocycles. The maximum absolute atomic E-state index is 12.0. The van der Waals surface area contributed by atoms with Crippen LogP contribution >= 0.6 is 22.7 Å². The lowest BCUT2D eigenvalue weighted by molar-refractivity contribution is -0.115. The van der Waals surface area contributed by atoms with Crippen LogP contribution in [-0.4, -0.2) is 35.9 Å². The molecule has 23 heavy (non-hydrogen) atoms. The Morgan fingerprint density at radius 3 is 3.00 bits per heavy atom. The summed E-state index contributed by atoms with van der Waals surface area (Å²) < 4.78 is 25.4. The van der Waals surface area contributed by atoms with E-state index in [1.807, 2.05) is 17.5 Å². The maximum atomic E-state index is 12.0. The van der Waals surface area contributed by atoms with Gasteiger partial charge in [0.05, 0.1) is 17.9 Å². The third-order valence-electron chi connectivity index (χ3n) is 3.62. The molecule has 0 aliphatic carbocycles. The molecule has 0 bridgehead atoms. The van der Waals surface area contributed by atoms with Crippen molar-refractivity contribution in [2.45, 2.75) is 26.3 Å². The number of thiazole rings is 1. The summed E-state index contributed by atoms with van der Waals surface area (Å²) >= 11 is 2.90. The van der Waals surface area contributed by atoms with Gasteiger partial charge < -0.3 is 5.32 Å². The second-order valence-electron chi connectivity index (χ2n) is 5.18. The van der Waals surface area contributed by atoms with E-state index >= 15 is 0 Å². The summed E-state index contributed by atoms with van der Waals surface area (Å²) in [6, 6.07) is 3.84. The monoisotopic (exact) mass is 371 g/mol. The number of hydrogen-bond donors (Lipinski definition) is 1. The summed E-state index contributed by atoms with van der Waals surface area (Å²) in [7, 11) is -3.19. The number of sulfonamides is 1. The molecule has 0 fully saturated rings. The summed E-state index contributed by atoms with van der Waals surface area (Å²) in [5.41, 5.74) is 0.893. The van der Waals surface area contributed by atoms with Gasteiger partial charge in [0.1, 0.15) is 0 Å². The number of carbonyl (C=O) groups excluding carboxylic acids is 1. The van der Waals surface area contributed by atoms with E-state index < -0.39 is 10.0 Å². The third-order valence-corrected chi connectivity index (χ3v) is 7.32. The fraction of sp³-hybridized carbons (Fsp3) is 0.429. The standard InChI is InChI=1S/C14H17N3O3S3/c1-2-23(19,20)17-6-5-11-12(9-17)22-14(15-11)16-13(18)8-10-4-3-7-21-10/h3-4,7H,2,5-6,8-9H2,1H3,(H,15,16,18). The van der Waals surface area contributed by atoms with E-state index in [9.17, 15) is 13.2 Å². The van der Waals surface area contributed by atoms with E-state index in [1.54, 1.807) is 18.3 Å². The highest BCUT2D eigenvalue weighted by atomic mass is 32.2. The summed E-state index contributed by atoms with van der Waals surface area (Å²) in [6.07, 6.45) is 0.921. The van der Waals surface area contributed by atoms with Gasteiger partial charge in [-0.05, 0) is 18.4 Å². The van der Waals surface area contributed by atoms with Crippen molar-refractivity contribution in [3.8, 4) is 0 Å². The zero-order valence-electron chi connectivity index (χ0n) is 12.6. The number of anilines is 1. The van der Waals surface area contributed by atoms with Crippen LogP contribution in [-0.2, 0) is 34.2 Å². The number of aromatic nitrogens is 1. The molecule has 0 radical (unpaired) electrons. The molecule has 1 amide bonds. The van der Waals surface area contributed by atoms with Crippen molar-refractivity contribution in [1.82, 2.24) is 9.29 Å². The Balaban J connectivity index is 1.67. The molecule has 6 nitrogen and oxygen atoms in total. The maximum Gasteiger partial charge on any atom is 0.231 e. The highest BCUT2D eigenvalue weighted by Crippen LogP contribution is 2.29. The van der Waals surface area contributed by atoms with Crippen molar-refractivity contribution in [2.24, 2.45) is 0 Å². The molecular formula is C14H17N3O3S3. The minimum Gasteiger partial charge on any atom is -0.302 e. The minimum atomic E-state index is -3.19. The molecule has 2 aromatic rings. The van der Waals surface area contributed by atoms with Gasteiger partial charge >= 0.3 is 0 Å². The van der Waals surface area contributed by atoms with Gasteiger partial charge in [0.2, 0.25) is 15.9 Å². The van der Waals surface area contributed by atoms with E-state index in [2.05, 4.69) is 10.3 Å². The van der Waals surface area contributed by atoms with Crippen molar-refractivity contribution in [2.75, 3.05) is 17.6 Å². The van der Waals surface area contributed by atoms with Crippen molar-refractivity contribution >= 4 is 43.7 Å². The van der Waals surface area contributed by atoms with Gasteiger partial charge in [0.15, 0.2) is 5.13 Å². The molecule has 0 spiro atoms. The largest absolute Gasteiger partial charge is 0.302 e. The van der Waals surface area contributed by atoms with Gasteiger partial charge in [-0.15, -0.1) is 22.7 Å². The Morgan fingerprint density at radius 2 is 2.30 bits per heavy atom. The normalized spacial score (nSPS) is 15.3. The van der Waals surface area contributed by atoms with Gasteiger partial charge in [-0.3, -0.25) is 4.79 Å². The molecule has 0 saturated carbocycles. The SMILES string of the molecule is CCS(=O)(=O)N1CCc2nc(NC(=O)Cc3cccs3)sc2C1. The van der Waals surface area contributed by atoms with Gasteiger partial charge in [0.25, 0.3) is 0 Å². The van der Waals surface area contributed by atoms with Gasteiger partial charge in [-0.25, -0.2) is 13.4 Å². The molecule has 3 rings (SSSR count). The van der Waals surface area contributed by atoms with Crippen LogP contribution in [0, 0.1) is 0 Å². The first-order valence-corrected chi connectivity index (χ1v) is 10.6. The van der Waals surface area contributed by atoms with Crippen LogP contribution in [0.1, 0.15) is 22.4 Å². The second-order valence-corrected chi connectivity index (χ2v) is 9.55. The van der Waals surface area contributed by atoms with Crippen LogP contribution in [0.2, 0.25) is 0 Å². The number of nitrogens with one attached hydrogen (secondary N) is 1. The average molecular weight is 372 g/mol. The molecule has 1 aliphatic rings. The molecule has 0 unspecified atom stereocenters. The minimum absolute atomic E-state index is 0.100. The molecule has 1 N–H and O–H groups in total. The Labute approximate surface area is 143 Å². The van der Waals surface area contributed by atoms with Crippen LogP contribution < -0.4 is 5.32 Å². The molecule has 3 heterocycles. The zero-order chi connectivity index (χ0) is 16.4. The molecule has 124 valence electrons. The van der Waals surface area contributed by atoms with Crippen LogP contribution in [0.15, 0.2) is 17.5 Å². The lowest BCUT2D eigenvalue weighted by atomic mass is 10.2. The highest BCUT2D eigenvalue weighted by molar-refractivity contribution is 7.89. The number of amides is 1. The quantitative estimate of drug-likeness (QED) is 0.873. The fourth-order valence-electron chi connectivity index (χ4n) is 2.38. The first kappa shape index (κ1) is 16.6. The van der Waals surface area contributed by atoms with Crippen LogP contribution in [0.25, 0.3) is 0 Å². The van der Waals surface area contributed by atoms with Crippen molar-refractivity contribution in [3.63, 3.8) is 0 Å². The predicted molar refractivity (Wildman–Crippen MR) is 92.3 cm³/mol. The Morgan fingerprint density at radius 1 is 1.48 bits per heavy atom. The molecular weight excluding hydrogens is 354 g/mol. The molecule has 0 atom stereocenters. The second kappa shape index (κ2) is 6.68. The topological polar surface area (TPSA) is 79.4 Å². The first-order valence-electron chi connectivity index (χ1n) is 7.26. The lowest BCUT2D eigenvalue weighted by Gasteiger charge is -2.24. The number of carbonyl (C=O) groups is 1. The van der Waals surface area contributed by atoms with Gasteiger partial charge in [-0.2, -0.15) is 4.31 Å². The zero-order valence-corrected chi connectivity index (χ0v) is 15.1. The van der Waals surface area contributed by atoms with E-state index in [1.165, 1.54) is 15.6 Å².